The van der Waals surface area contributed by atoms with Crippen molar-refractivity contribution in [3.05, 3.63) is 35.9 Å². The third-order valence-electron chi connectivity index (χ3n) is 3.65. The topological polar surface area (TPSA) is 84.8 Å². The molecule has 0 aliphatic carbocycles. The number of benzene rings is 1. The lowest BCUT2D eigenvalue weighted by Gasteiger charge is -2.12. The molecule has 1 rings (SSSR count). The van der Waals surface area contributed by atoms with Crippen LogP contribution in [0.4, 0.5) is 0 Å². The molecule has 1 aromatic rings. The van der Waals surface area contributed by atoms with Gasteiger partial charge in [0.05, 0.1) is 79.3 Å². The highest BCUT2D eigenvalue weighted by atomic mass is 16.6. The summed E-state index contributed by atoms with van der Waals surface area (Å²) in [4.78, 5) is 0. The Bertz CT molecular complexity index is 446. The van der Waals surface area contributed by atoms with E-state index in [2.05, 4.69) is 0 Å². The third-order valence-corrected chi connectivity index (χ3v) is 3.65. The average Bonchev–Trinajstić information content (AvgIpc) is 2.75. The van der Waals surface area contributed by atoms with Crippen LogP contribution in [0.3, 0.4) is 0 Å². The Morgan fingerprint density at radius 1 is 0.586 bits per heavy atom. The zero-order valence-corrected chi connectivity index (χ0v) is 17.5. The molecule has 1 atom stereocenters. The van der Waals surface area contributed by atoms with Gasteiger partial charge in [-0.2, -0.15) is 0 Å². The van der Waals surface area contributed by atoms with Gasteiger partial charge in [-0.15, -0.1) is 0 Å². The van der Waals surface area contributed by atoms with Gasteiger partial charge in [-0.3, -0.25) is 0 Å². The first-order chi connectivity index (χ1) is 14.3. The summed E-state index contributed by atoms with van der Waals surface area (Å²) in [5, 5.41) is 9.83. The van der Waals surface area contributed by atoms with Crippen molar-refractivity contribution >= 4 is 0 Å². The minimum Gasteiger partial charge on any atom is -0.379 e. The molecule has 1 N–H and O–H groups in total. The van der Waals surface area contributed by atoms with Crippen molar-refractivity contribution < 1.29 is 38.3 Å². The van der Waals surface area contributed by atoms with Gasteiger partial charge in [-0.25, -0.2) is 0 Å². The second kappa shape index (κ2) is 20.2. The molecule has 8 heteroatoms. The van der Waals surface area contributed by atoms with Crippen LogP contribution in [0.2, 0.25) is 0 Å². The molecule has 8 nitrogen and oxygen atoms in total. The van der Waals surface area contributed by atoms with Crippen molar-refractivity contribution in [3.8, 4) is 0 Å². The van der Waals surface area contributed by atoms with Crippen molar-refractivity contribution in [2.24, 2.45) is 0 Å². The zero-order chi connectivity index (χ0) is 20.8. The van der Waals surface area contributed by atoms with Crippen LogP contribution < -0.4 is 0 Å². The first-order valence-corrected chi connectivity index (χ1v) is 10.2. The van der Waals surface area contributed by atoms with E-state index in [1.54, 1.807) is 0 Å². The molecule has 1 unspecified atom stereocenters. The summed E-state index contributed by atoms with van der Waals surface area (Å²) in [5.41, 5.74) is 0.729. The Kier molecular flexibility index (Phi) is 18.1. The predicted octanol–water partition coefficient (Wildman–Crippen LogP) is 1.81. The van der Waals surface area contributed by atoms with Crippen LogP contribution >= 0.6 is 0 Å². The fraction of sp³-hybridized carbons (Fsp3) is 0.714. The number of rotatable bonds is 21. The number of aliphatic hydroxyl groups is 1. The van der Waals surface area contributed by atoms with Gasteiger partial charge >= 0.3 is 0 Å². The third kappa shape index (κ3) is 16.4. The zero-order valence-electron chi connectivity index (χ0n) is 17.5. The van der Waals surface area contributed by atoms with Gasteiger partial charge in [0.25, 0.3) is 0 Å². The molecular formula is C21H36O8. The molecule has 0 saturated carbocycles. The molecule has 0 amide bonds. The van der Waals surface area contributed by atoms with Crippen molar-refractivity contribution in [1.29, 1.82) is 0 Å². The number of ether oxygens (including phenoxy) is 7. The van der Waals surface area contributed by atoms with Gasteiger partial charge in [0, 0.05) is 12.2 Å². The Morgan fingerprint density at radius 2 is 0.966 bits per heavy atom. The van der Waals surface area contributed by atoms with E-state index in [1.165, 1.54) is 0 Å². The van der Waals surface area contributed by atoms with Crippen LogP contribution in [-0.2, 0) is 33.2 Å². The normalized spacial score (nSPS) is 12.3. The van der Waals surface area contributed by atoms with Crippen molar-refractivity contribution in [1.82, 2.24) is 0 Å². The molecule has 0 aliphatic rings. The standard InChI is InChI=1S/C21H36O8/c1-2-23-8-9-24-10-11-25-12-13-26-14-15-27-16-17-28-18-19-29-21(22)20-6-4-3-5-7-20/h3-7,21-22H,2,8-19H2,1H3. The van der Waals surface area contributed by atoms with Crippen molar-refractivity contribution in [2.45, 2.75) is 13.2 Å². The van der Waals surface area contributed by atoms with E-state index >= 15 is 0 Å². The van der Waals surface area contributed by atoms with E-state index in [1.807, 2.05) is 37.3 Å². The Morgan fingerprint density at radius 3 is 1.38 bits per heavy atom. The van der Waals surface area contributed by atoms with Crippen LogP contribution in [0.5, 0.6) is 0 Å². The molecule has 0 radical (unpaired) electrons. The first-order valence-electron chi connectivity index (χ1n) is 10.2. The van der Waals surface area contributed by atoms with Crippen LogP contribution in [-0.4, -0.2) is 91.0 Å². The summed E-state index contributed by atoms with van der Waals surface area (Å²) in [6.07, 6.45) is -0.926. The molecular weight excluding hydrogens is 380 g/mol. The van der Waals surface area contributed by atoms with Crippen LogP contribution in [0.25, 0.3) is 0 Å². The predicted molar refractivity (Wildman–Crippen MR) is 108 cm³/mol. The summed E-state index contributed by atoms with van der Waals surface area (Å²) in [6, 6.07) is 9.23. The Balaban J connectivity index is 1.72. The largest absolute Gasteiger partial charge is 0.379 e. The molecule has 0 bridgehead atoms. The summed E-state index contributed by atoms with van der Waals surface area (Å²) in [6.45, 7) is 8.75. The smallest absolute Gasteiger partial charge is 0.181 e. The highest BCUT2D eigenvalue weighted by Gasteiger charge is 2.05. The average molecular weight is 417 g/mol. The Hall–Kier alpha value is -1.10. The number of hydrogen-bond acceptors (Lipinski definition) is 8. The first kappa shape index (κ1) is 25.9. The maximum atomic E-state index is 9.83. The van der Waals surface area contributed by atoms with Gasteiger partial charge < -0.3 is 38.3 Å². The van der Waals surface area contributed by atoms with Gasteiger partial charge in [-0.1, -0.05) is 30.3 Å². The lowest BCUT2D eigenvalue weighted by molar-refractivity contribution is -0.117. The van der Waals surface area contributed by atoms with Crippen LogP contribution in [0.1, 0.15) is 18.8 Å². The molecule has 0 aromatic heterocycles. The Labute approximate surface area is 173 Å². The SMILES string of the molecule is CCOCCOCCOCCOCCOCCOCCOC(O)c1ccccc1. The van der Waals surface area contributed by atoms with E-state index < -0.39 is 6.29 Å². The van der Waals surface area contributed by atoms with Gasteiger partial charge in [0.1, 0.15) is 0 Å². The van der Waals surface area contributed by atoms with E-state index in [-0.39, 0.29) is 0 Å². The monoisotopic (exact) mass is 416 g/mol. The molecule has 0 fully saturated rings. The summed E-state index contributed by atoms with van der Waals surface area (Å²) < 4.78 is 37.4. The van der Waals surface area contributed by atoms with E-state index in [0.717, 1.165) is 5.56 Å². The molecule has 0 spiro atoms. The maximum Gasteiger partial charge on any atom is 0.181 e. The second-order valence-corrected chi connectivity index (χ2v) is 5.89. The number of aliphatic hydroxyl groups excluding tert-OH is 1. The van der Waals surface area contributed by atoms with Crippen molar-refractivity contribution in [2.75, 3.05) is 85.9 Å². The lowest BCUT2D eigenvalue weighted by atomic mass is 10.2. The van der Waals surface area contributed by atoms with Gasteiger partial charge in [0.2, 0.25) is 0 Å². The molecule has 168 valence electrons. The van der Waals surface area contributed by atoms with Crippen molar-refractivity contribution in [3.63, 3.8) is 0 Å². The lowest BCUT2D eigenvalue weighted by Crippen LogP contribution is -2.15. The van der Waals surface area contributed by atoms with Crippen LogP contribution in [0, 0.1) is 0 Å². The second-order valence-electron chi connectivity index (χ2n) is 5.89. The number of hydrogen-bond donors (Lipinski definition) is 1. The minimum atomic E-state index is -0.926. The summed E-state index contributed by atoms with van der Waals surface area (Å²) >= 11 is 0. The van der Waals surface area contributed by atoms with E-state index in [4.69, 9.17) is 33.2 Å². The summed E-state index contributed by atoms with van der Waals surface area (Å²) in [7, 11) is 0. The van der Waals surface area contributed by atoms with Gasteiger partial charge in [-0.05, 0) is 6.92 Å². The van der Waals surface area contributed by atoms with E-state index in [9.17, 15) is 5.11 Å². The molecule has 29 heavy (non-hydrogen) atoms. The van der Waals surface area contributed by atoms with Crippen LogP contribution in [0.15, 0.2) is 30.3 Å². The molecule has 0 aliphatic heterocycles. The quantitative estimate of drug-likeness (QED) is 0.240. The fourth-order valence-electron chi connectivity index (χ4n) is 2.18. The summed E-state index contributed by atoms with van der Waals surface area (Å²) in [5.74, 6) is 0. The molecule has 0 saturated heterocycles. The maximum absolute atomic E-state index is 9.83. The fourth-order valence-corrected chi connectivity index (χ4v) is 2.18. The highest BCUT2D eigenvalue weighted by Crippen LogP contribution is 2.12. The molecule has 0 heterocycles. The van der Waals surface area contributed by atoms with Gasteiger partial charge in [0.15, 0.2) is 6.29 Å². The highest BCUT2D eigenvalue weighted by molar-refractivity contribution is 5.15. The minimum absolute atomic E-state index is 0.316. The molecule has 1 aromatic carbocycles. The van der Waals surface area contributed by atoms with E-state index in [0.29, 0.717) is 85.9 Å².